The number of para-hydroxylation sites is 3. The van der Waals surface area contributed by atoms with Crippen molar-refractivity contribution in [1.82, 2.24) is 4.57 Å². The first-order chi connectivity index (χ1) is 25.4. The van der Waals surface area contributed by atoms with Crippen LogP contribution in [0.2, 0.25) is 0 Å². The Morgan fingerprint density at radius 1 is 0.377 bits per heavy atom. The van der Waals surface area contributed by atoms with Crippen LogP contribution < -0.4 is 0 Å². The average Bonchev–Trinajstić information content (AvgIpc) is 3.49. The molecule has 8 aromatic rings. The number of benzene rings is 7. The molecular formula is C46H37NO4S2. The van der Waals surface area contributed by atoms with Crippen LogP contribution in [-0.4, -0.2) is 21.4 Å². The van der Waals surface area contributed by atoms with E-state index < -0.39 is 19.7 Å². The first kappa shape index (κ1) is 34.3. The van der Waals surface area contributed by atoms with Gasteiger partial charge in [0.15, 0.2) is 0 Å². The summed E-state index contributed by atoms with van der Waals surface area (Å²) in [6.07, 6.45) is 0. The first-order valence-corrected chi connectivity index (χ1v) is 20.4. The van der Waals surface area contributed by atoms with Gasteiger partial charge in [0, 0.05) is 38.7 Å². The molecule has 0 aliphatic carbocycles. The normalized spacial score (nSPS) is 12.1. The summed E-state index contributed by atoms with van der Waals surface area (Å²) in [5.74, 6) is 0. The van der Waals surface area contributed by atoms with Crippen LogP contribution >= 0.6 is 0 Å². The third-order valence-electron chi connectivity index (χ3n) is 9.77. The fourth-order valence-corrected chi connectivity index (χ4v) is 11.0. The largest absolute Gasteiger partial charge is 0.308 e. The zero-order valence-electron chi connectivity index (χ0n) is 29.8. The number of aromatic nitrogens is 1. The fourth-order valence-electron chi connectivity index (χ4n) is 7.66. The molecule has 0 fully saturated rings. The molecule has 0 unspecified atom stereocenters. The molecule has 1 aromatic heterocycles. The number of aryl methyl sites for hydroxylation is 4. The molecule has 0 saturated heterocycles. The summed E-state index contributed by atoms with van der Waals surface area (Å²) < 4.78 is 60.0. The van der Waals surface area contributed by atoms with E-state index in [1.165, 1.54) is 0 Å². The maximum absolute atomic E-state index is 14.5. The second-order valence-electron chi connectivity index (χ2n) is 13.7. The van der Waals surface area contributed by atoms with Crippen molar-refractivity contribution >= 4 is 41.5 Å². The summed E-state index contributed by atoms with van der Waals surface area (Å²) in [6.45, 7) is 7.61. The van der Waals surface area contributed by atoms with Crippen LogP contribution in [0.1, 0.15) is 22.3 Å². The minimum atomic E-state index is -3.92. The zero-order chi connectivity index (χ0) is 37.1. The maximum atomic E-state index is 14.5. The summed E-state index contributed by atoms with van der Waals surface area (Å²) in [7, 11) is -7.84. The van der Waals surface area contributed by atoms with Crippen LogP contribution in [0, 0.1) is 27.7 Å². The SMILES string of the molecule is Cc1cc(C)cc(S(=O)(=O)c2ccccc2-c2cccc3c4cccc(-c5ccccc5S(=O)(=O)c5cc(C)cc(C)c5)c4n(-c4ccccc4)c23)c1. The minimum absolute atomic E-state index is 0.215. The van der Waals surface area contributed by atoms with Crippen molar-refractivity contribution in [1.29, 1.82) is 0 Å². The van der Waals surface area contributed by atoms with Gasteiger partial charge in [0.05, 0.1) is 30.6 Å². The van der Waals surface area contributed by atoms with Gasteiger partial charge in [-0.2, -0.15) is 0 Å². The average molecular weight is 732 g/mol. The van der Waals surface area contributed by atoms with Gasteiger partial charge in [-0.15, -0.1) is 0 Å². The molecule has 0 aliphatic rings. The summed E-state index contributed by atoms with van der Waals surface area (Å²) in [5, 5.41) is 1.83. The lowest BCUT2D eigenvalue weighted by Gasteiger charge is -2.17. The van der Waals surface area contributed by atoms with Crippen LogP contribution in [0.15, 0.2) is 171 Å². The molecule has 0 aliphatic heterocycles. The summed E-state index contributed by atoms with van der Waals surface area (Å²) in [4.78, 5) is 0.934. The van der Waals surface area contributed by atoms with E-state index >= 15 is 0 Å². The number of nitrogens with zero attached hydrogens (tertiary/aromatic N) is 1. The summed E-state index contributed by atoms with van der Waals surface area (Å²) >= 11 is 0. The lowest BCUT2D eigenvalue weighted by molar-refractivity contribution is 0.594. The number of hydrogen-bond acceptors (Lipinski definition) is 4. The molecule has 0 saturated carbocycles. The molecule has 7 aromatic carbocycles. The van der Waals surface area contributed by atoms with E-state index in [-0.39, 0.29) is 19.6 Å². The van der Waals surface area contributed by atoms with Crippen molar-refractivity contribution in [2.45, 2.75) is 47.3 Å². The fraction of sp³-hybridized carbons (Fsp3) is 0.0870. The van der Waals surface area contributed by atoms with Gasteiger partial charge in [0.2, 0.25) is 19.7 Å². The molecular weight excluding hydrogens is 695 g/mol. The van der Waals surface area contributed by atoms with E-state index in [2.05, 4.69) is 4.57 Å². The van der Waals surface area contributed by atoms with E-state index in [4.69, 9.17) is 0 Å². The van der Waals surface area contributed by atoms with Gasteiger partial charge in [0.25, 0.3) is 0 Å². The molecule has 0 amide bonds. The lowest BCUT2D eigenvalue weighted by Crippen LogP contribution is -2.06. The molecule has 0 bridgehead atoms. The third-order valence-corrected chi connectivity index (χ3v) is 13.4. The molecule has 7 heteroatoms. The van der Waals surface area contributed by atoms with Crippen LogP contribution in [0.3, 0.4) is 0 Å². The van der Waals surface area contributed by atoms with E-state index in [1.54, 1.807) is 48.5 Å². The Morgan fingerprint density at radius 3 is 1.15 bits per heavy atom. The Kier molecular flexibility index (Phi) is 8.44. The molecule has 8 rings (SSSR count). The highest BCUT2D eigenvalue weighted by Gasteiger charge is 2.28. The van der Waals surface area contributed by atoms with Gasteiger partial charge in [-0.1, -0.05) is 103 Å². The molecule has 53 heavy (non-hydrogen) atoms. The monoisotopic (exact) mass is 731 g/mol. The summed E-state index contributed by atoms with van der Waals surface area (Å²) in [5.41, 5.74) is 8.64. The second-order valence-corrected chi connectivity index (χ2v) is 17.6. The predicted molar refractivity (Wildman–Crippen MR) is 214 cm³/mol. The van der Waals surface area contributed by atoms with Gasteiger partial charge in [-0.3, -0.25) is 0 Å². The minimum Gasteiger partial charge on any atom is -0.308 e. The Labute approximate surface area is 310 Å². The van der Waals surface area contributed by atoms with E-state index in [9.17, 15) is 16.8 Å². The number of fused-ring (bicyclic) bond motifs is 3. The van der Waals surface area contributed by atoms with Gasteiger partial charge in [0.1, 0.15) is 0 Å². The topological polar surface area (TPSA) is 73.2 Å². The predicted octanol–water partition coefficient (Wildman–Crippen LogP) is 11.0. The number of hydrogen-bond donors (Lipinski definition) is 0. The van der Waals surface area contributed by atoms with Crippen LogP contribution in [0.25, 0.3) is 49.7 Å². The third kappa shape index (κ3) is 5.86. The summed E-state index contributed by atoms with van der Waals surface area (Å²) in [6, 6.07) is 47.0. The highest BCUT2D eigenvalue weighted by molar-refractivity contribution is 7.92. The lowest BCUT2D eigenvalue weighted by atomic mass is 10.00. The molecule has 0 atom stereocenters. The maximum Gasteiger partial charge on any atom is 0.207 e. The zero-order valence-corrected chi connectivity index (χ0v) is 31.5. The van der Waals surface area contributed by atoms with Crippen molar-refractivity contribution in [3.8, 4) is 27.9 Å². The van der Waals surface area contributed by atoms with Crippen molar-refractivity contribution < 1.29 is 16.8 Å². The Hall–Kier alpha value is -5.76. The van der Waals surface area contributed by atoms with E-state index in [1.807, 2.05) is 131 Å². The first-order valence-electron chi connectivity index (χ1n) is 17.4. The van der Waals surface area contributed by atoms with E-state index in [0.717, 1.165) is 60.9 Å². The Bertz CT molecular complexity index is 2740. The van der Waals surface area contributed by atoms with Gasteiger partial charge >= 0.3 is 0 Å². The van der Waals surface area contributed by atoms with E-state index in [0.29, 0.717) is 11.1 Å². The van der Waals surface area contributed by atoms with Crippen molar-refractivity contribution in [3.05, 3.63) is 174 Å². The molecule has 0 spiro atoms. The highest BCUT2D eigenvalue weighted by atomic mass is 32.2. The van der Waals surface area contributed by atoms with Crippen molar-refractivity contribution in [3.63, 3.8) is 0 Å². The molecule has 5 nitrogen and oxygen atoms in total. The molecule has 262 valence electrons. The van der Waals surface area contributed by atoms with Gasteiger partial charge in [-0.05, 0) is 98.5 Å². The number of rotatable bonds is 7. The highest BCUT2D eigenvalue weighted by Crippen LogP contribution is 2.45. The molecule has 1 heterocycles. The van der Waals surface area contributed by atoms with Crippen LogP contribution in [0.4, 0.5) is 0 Å². The van der Waals surface area contributed by atoms with Crippen molar-refractivity contribution in [2.24, 2.45) is 0 Å². The Balaban J connectivity index is 1.46. The van der Waals surface area contributed by atoms with Crippen molar-refractivity contribution in [2.75, 3.05) is 0 Å². The van der Waals surface area contributed by atoms with Crippen LogP contribution in [0.5, 0.6) is 0 Å². The standard InChI is InChI=1S/C46H37NO4S2/c1-30-24-31(2)27-35(26-30)52(48,49)43-22-10-8-16-37(43)39-18-12-20-41-42-21-13-19-40(46(42)47(45(39)41)34-14-6-5-7-15-34)38-17-9-11-23-44(38)53(50,51)36-28-32(3)25-33(4)29-36/h5-29H,1-4H3. The van der Waals surface area contributed by atoms with Gasteiger partial charge < -0.3 is 4.57 Å². The number of sulfone groups is 2. The molecule has 0 radical (unpaired) electrons. The quantitative estimate of drug-likeness (QED) is 0.164. The molecule has 0 N–H and O–H groups in total. The van der Waals surface area contributed by atoms with Crippen LogP contribution in [-0.2, 0) is 19.7 Å². The second kappa shape index (κ2) is 13.0. The van der Waals surface area contributed by atoms with Gasteiger partial charge in [-0.25, -0.2) is 16.8 Å². The smallest absolute Gasteiger partial charge is 0.207 e. The Morgan fingerprint density at radius 2 is 0.736 bits per heavy atom.